The molecule has 3 aromatic rings. The lowest BCUT2D eigenvalue weighted by Gasteiger charge is -2.36. The molecule has 180 valence electrons. The van der Waals surface area contributed by atoms with Gasteiger partial charge >= 0.3 is 0 Å². The van der Waals surface area contributed by atoms with Crippen molar-refractivity contribution in [2.24, 2.45) is 5.10 Å². The summed E-state index contributed by atoms with van der Waals surface area (Å²) in [4.78, 5) is 17.7. The SMILES string of the molecule is Cc1ccc(C2=NN(C(=O)CN3CCN(c4ccccc4F)CC3)C(c3ccccc3)C2)c(C)c1. The summed E-state index contributed by atoms with van der Waals surface area (Å²) in [5.41, 5.74) is 6.17. The van der Waals surface area contributed by atoms with E-state index in [0.717, 1.165) is 16.8 Å². The van der Waals surface area contributed by atoms with E-state index in [1.807, 2.05) is 30.3 Å². The molecule has 6 heteroatoms. The zero-order valence-electron chi connectivity index (χ0n) is 20.3. The first-order chi connectivity index (χ1) is 17.0. The molecule has 0 spiro atoms. The third kappa shape index (κ3) is 4.98. The van der Waals surface area contributed by atoms with Crippen molar-refractivity contribution in [1.29, 1.82) is 0 Å². The normalized spacial score (nSPS) is 18.6. The van der Waals surface area contributed by atoms with Gasteiger partial charge in [0.1, 0.15) is 5.82 Å². The predicted molar refractivity (Wildman–Crippen MR) is 138 cm³/mol. The minimum Gasteiger partial charge on any atom is -0.367 e. The number of hydrazone groups is 1. The number of rotatable bonds is 5. The Morgan fingerprint density at radius 3 is 2.37 bits per heavy atom. The smallest absolute Gasteiger partial charge is 0.257 e. The molecule has 5 nitrogen and oxygen atoms in total. The van der Waals surface area contributed by atoms with Crippen molar-refractivity contribution < 1.29 is 9.18 Å². The number of amides is 1. The lowest BCUT2D eigenvalue weighted by molar-refractivity contribution is -0.134. The molecule has 3 aromatic carbocycles. The van der Waals surface area contributed by atoms with Crippen molar-refractivity contribution in [3.63, 3.8) is 0 Å². The van der Waals surface area contributed by atoms with Gasteiger partial charge in [-0.2, -0.15) is 5.10 Å². The second kappa shape index (κ2) is 10.0. The number of carbonyl (C=O) groups is 1. The van der Waals surface area contributed by atoms with Crippen LogP contribution in [0.25, 0.3) is 0 Å². The highest BCUT2D eigenvalue weighted by molar-refractivity contribution is 6.04. The van der Waals surface area contributed by atoms with Crippen LogP contribution in [0.1, 0.15) is 34.7 Å². The van der Waals surface area contributed by atoms with Gasteiger partial charge in [-0.05, 0) is 37.1 Å². The average Bonchev–Trinajstić information content (AvgIpc) is 3.31. The molecule has 1 atom stereocenters. The van der Waals surface area contributed by atoms with Crippen LogP contribution in [0.15, 0.2) is 77.9 Å². The van der Waals surface area contributed by atoms with Crippen LogP contribution >= 0.6 is 0 Å². The van der Waals surface area contributed by atoms with Gasteiger partial charge in [-0.3, -0.25) is 9.69 Å². The van der Waals surface area contributed by atoms with Crippen LogP contribution in [0.2, 0.25) is 0 Å². The van der Waals surface area contributed by atoms with Gasteiger partial charge in [0.25, 0.3) is 5.91 Å². The van der Waals surface area contributed by atoms with Crippen LogP contribution in [0.3, 0.4) is 0 Å². The van der Waals surface area contributed by atoms with Crippen LogP contribution in [0.4, 0.5) is 10.1 Å². The molecular weight excluding hydrogens is 439 g/mol. The highest BCUT2D eigenvalue weighted by Crippen LogP contribution is 2.33. The summed E-state index contributed by atoms with van der Waals surface area (Å²) < 4.78 is 14.2. The first-order valence-electron chi connectivity index (χ1n) is 12.2. The lowest BCUT2D eigenvalue weighted by atomic mass is 9.95. The van der Waals surface area contributed by atoms with E-state index in [0.29, 0.717) is 44.8 Å². The summed E-state index contributed by atoms with van der Waals surface area (Å²) in [6, 6.07) is 23.3. The molecule has 0 radical (unpaired) electrons. The summed E-state index contributed by atoms with van der Waals surface area (Å²) in [6.07, 6.45) is 0.695. The maximum Gasteiger partial charge on any atom is 0.257 e. The first-order valence-corrected chi connectivity index (χ1v) is 12.2. The van der Waals surface area contributed by atoms with Crippen molar-refractivity contribution in [1.82, 2.24) is 9.91 Å². The van der Waals surface area contributed by atoms with Crippen molar-refractivity contribution in [3.05, 3.63) is 101 Å². The van der Waals surface area contributed by atoms with Crippen LogP contribution in [0.5, 0.6) is 0 Å². The van der Waals surface area contributed by atoms with Crippen LogP contribution in [0, 0.1) is 19.7 Å². The van der Waals surface area contributed by atoms with E-state index in [1.54, 1.807) is 11.1 Å². The Labute approximate surface area is 206 Å². The first kappa shape index (κ1) is 23.2. The second-order valence-corrected chi connectivity index (χ2v) is 9.45. The summed E-state index contributed by atoms with van der Waals surface area (Å²) in [5.74, 6) is -0.203. The number of aryl methyl sites for hydroxylation is 2. The zero-order valence-corrected chi connectivity index (χ0v) is 20.3. The van der Waals surface area contributed by atoms with Crippen molar-refractivity contribution in [3.8, 4) is 0 Å². The topological polar surface area (TPSA) is 39.2 Å². The molecule has 1 amide bonds. The molecule has 0 aromatic heterocycles. The summed E-state index contributed by atoms with van der Waals surface area (Å²) >= 11 is 0. The fourth-order valence-corrected chi connectivity index (χ4v) is 5.09. The minimum absolute atomic E-state index is 0.00189. The van der Waals surface area contributed by atoms with Gasteiger partial charge in [0, 0.05) is 38.2 Å². The standard InChI is InChI=1S/C29H31FN4O/c1-21-12-13-24(22(2)18-21)26-19-28(23-8-4-3-5-9-23)34(31-26)29(35)20-32-14-16-33(17-15-32)27-11-7-6-10-25(27)30/h3-13,18,28H,14-17,19-20H2,1-2H3. The molecule has 1 saturated heterocycles. The van der Waals surface area contributed by atoms with Crippen molar-refractivity contribution in [2.45, 2.75) is 26.3 Å². The number of anilines is 1. The summed E-state index contributed by atoms with van der Waals surface area (Å²) in [7, 11) is 0. The number of halogens is 1. The number of benzene rings is 3. The fourth-order valence-electron chi connectivity index (χ4n) is 5.09. The lowest BCUT2D eigenvalue weighted by Crippen LogP contribution is -2.49. The molecule has 0 saturated carbocycles. The van der Waals surface area contributed by atoms with Gasteiger partial charge in [0.05, 0.1) is 24.0 Å². The summed E-state index contributed by atoms with van der Waals surface area (Å²) in [5, 5.41) is 6.55. The Hall–Kier alpha value is -3.51. The third-order valence-electron chi connectivity index (χ3n) is 6.97. The molecule has 35 heavy (non-hydrogen) atoms. The molecule has 0 bridgehead atoms. The van der Waals surface area contributed by atoms with Gasteiger partial charge in [0.2, 0.25) is 0 Å². The Morgan fingerprint density at radius 1 is 0.943 bits per heavy atom. The number of para-hydroxylation sites is 1. The van der Waals surface area contributed by atoms with Gasteiger partial charge in [0.15, 0.2) is 0 Å². The third-order valence-corrected chi connectivity index (χ3v) is 6.97. The number of carbonyl (C=O) groups excluding carboxylic acids is 1. The Kier molecular flexibility index (Phi) is 6.64. The molecule has 0 N–H and O–H groups in total. The molecule has 2 aliphatic heterocycles. The van der Waals surface area contributed by atoms with Crippen molar-refractivity contribution >= 4 is 17.3 Å². The van der Waals surface area contributed by atoms with E-state index in [4.69, 9.17) is 5.10 Å². The van der Waals surface area contributed by atoms with Crippen LogP contribution < -0.4 is 4.90 Å². The van der Waals surface area contributed by atoms with E-state index in [-0.39, 0.29) is 17.8 Å². The minimum atomic E-state index is -0.201. The van der Waals surface area contributed by atoms with Gasteiger partial charge in [-0.15, -0.1) is 0 Å². The van der Waals surface area contributed by atoms with Crippen molar-refractivity contribution in [2.75, 3.05) is 37.6 Å². The van der Waals surface area contributed by atoms with Gasteiger partial charge in [-0.1, -0.05) is 66.2 Å². The van der Waals surface area contributed by atoms with Crippen LogP contribution in [-0.2, 0) is 4.79 Å². The van der Waals surface area contributed by atoms with E-state index in [1.165, 1.54) is 17.2 Å². The molecule has 2 heterocycles. The average molecular weight is 471 g/mol. The van der Waals surface area contributed by atoms with Gasteiger partial charge < -0.3 is 4.90 Å². The molecule has 5 rings (SSSR count). The highest BCUT2D eigenvalue weighted by Gasteiger charge is 2.34. The highest BCUT2D eigenvalue weighted by atomic mass is 19.1. The van der Waals surface area contributed by atoms with Crippen LogP contribution in [-0.4, -0.2) is 54.3 Å². The monoisotopic (exact) mass is 470 g/mol. The largest absolute Gasteiger partial charge is 0.367 e. The molecule has 1 fully saturated rings. The Bertz CT molecular complexity index is 1230. The maximum atomic E-state index is 14.2. The fraction of sp³-hybridized carbons (Fsp3) is 0.310. The predicted octanol–water partition coefficient (Wildman–Crippen LogP) is 4.94. The van der Waals surface area contributed by atoms with E-state index < -0.39 is 0 Å². The number of hydrogen-bond acceptors (Lipinski definition) is 4. The van der Waals surface area contributed by atoms with E-state index in [9.17, 15) is 9.18 Å². The number of hydrogen-bond donors (Lipinski definition) is 0. The molecule has 2 aliphatic rings. The number of piperazine rings is 1. The molecular formula is C29H31FN4O. The Morgan fingerprint density at radius 2 is 1.66 bits per heavy atom. The number of nitrogens with zero attached hydrogens (tertiary/aromatic N) is 4. The molecule has 1 unspecified atom stereocenters. The second-order valence-electron chi connectivity index (χ2n) is 9.45. The zero-order chi connectivity index (χ0) is 24.4. The Balaban J connectivity index is 1.32. The maximum absolute atomic E-state index is 14.2. The summed E-state index contributed by atoms with van der Waals surface area (Å²) in [6.45, 7) is 7.28. The quantitative estimate of drug-likeness (QED) is 0.530. The molecule has 0 aliphatic carbocycles. The van der Waals surface area contributed by atoms with E-state index in [2.05, 4.69) is 54.0 Å². The van der Waals surface area contributed by atoms with Gasteiger partial charge in [-0.25, -0.2) is 9.40 Å². The van der Waals surface area contributed by atoms with E-state index >= 15 is 0 Å².